The zero-order chi connectivity index (χ0) is 27.2. The highest BCUT2D eigenvalue weighted by Gasteiger charge is 2.45. The standard InChI is InChI=1S/C30H32N6O2S/c1-20(2)29-35-34-28-14-5-22(18-36(28)29)21-3-9-25(10-4-21)39(37,38)26-11-7-24(8-12-26)33-27-13-6-23(17-32-27)30(19-31)15-16-30/h3-6,9-10,13-14,17-18,20,24,26H,7-8,11-12,15-16H2,1-2H3,(H,32,33). The van der Waals surface area contributed by atoms with Crippen LogP contribution in [0.4, 0.5) is 5.82 Å². The van der Waals surface area contributed by atoms with Crippen molar-refractivity contribution in [2.75, 3.05) is 5.32 Å². The molecule has 1 aromatic carbocycles. The maximum absolute atomic E-state index is 13.4. The molecule has 3 aromatic heterocycles. The fourth-order valence-electron chi connectivity index (χ4n) is 5.58. The number of hydrogen-bond donors (Lipinski definition) is 1. The van der Waals surface area contributed by atoms with E-state index in [-0.39, 0.29) is 22.6 Å². The van der Waals surface area contributed by atoms with Crippen LogP contribution in [0, 0.1) is 11.3 Å². The maximum Gasteiger partial charge on any atom is 0.181 e. The molecule has 0 unspecified atom stereocenters. The summed E-state index contributed by atoms with van der Waals surface area (Å²) in [6, 6.07) is 17.7. The molecule has 1 N–H and O–H groups in total. The third kappa shape index (κ3) is 4.78. The van der Waals surface area contributed by atoms with Gasteiger partial charge < -0.3 is 5.32 Å². The molecule has 39 heavy (non-hydrogen) atoms. The molecule has 9 heteroatoms. The van der Waals surface area contributed by atoms with Crippen molar-refractivity contribution in [3.8, 4) is 17.2 Å². The van der Waals surface area contributed by atoms with E-state index in [0.717, 1.165) is 59.7 Å². The van der Waals surface area contributed by atoms with Crippen molar-refractivity contribution in [3.05, 3.63) is 72.3 Å². The Morgan fingerprint density at radius 3 is 2.31 bits per heavy atom. The van der Waals surface area contributed by atoms with Crippen molar-refractivity contribution in [1.29, 1.82) is 5.26 Å². The third-order valence-corrected chi connectivity index (χ3v) is 10.5. The number of nitrogens with one attached hydrogen (secondary N) is 1. The minimum absolute atomic E-state index is 0.186. The third-order valence-electron chi connectivity index (χ3n) is 8.21. The molecule has 0 spiro atoms. The number of sulfone groups is 1. The van der Waals surface area contributed by atoms with E-state index in [1.54, 1.807) is 18.3 Å². The second kappa shape index (κ2) is 9.76. The highest BCUT2D eigenvalue weighted by molar-refractivity contribution is 7.92. The van der Waals surface area contributed by atoms with Crippen LogP contribution in [0.3, 0.4) is 0 Å². The van der Waals surface area contributed by atoms with Crippen LogP contribution in [0.15, 0.2) is 65.8 Å². The lowest BCUT2D eigenvalue weighted by molar-refractivity contribution is 0.451. The Bertz CT molecular complexity index is 1640. The van der Waals surface area contributed by atoms with E-state index in [4.69, 9.17) is 0 Å². The zero-order valence-corrected chi connectivity index (χ0v) is 23.0. The fraction of sp³-hybridized carbons (Fsp3) is 0.400. The molecule has 8 nitrogen and oxygen atoms in total. The smallest absolute Gasteiger partial charge is 0.181 e. The van der Waals surface area contributed by atoms with Crippen LogP contribution in [-0.2, 0) is 15.3 Å². The van der Waals surface area contributed by atoms with E-state index < -0.39 is 9.84 Å². The molecule has 0 bridgehead atoms. The lowest BCUT2D eigenvalue weighted by Gasteiger charge is -2.29. The van der Waals surface area contributed by atoms with Gasteiger partial charge in [-0.15, -0.1) is 10.2 Å². The Morgan fingerprint density at radius 2 is 1.69 bits per heavy atom. The summed E-state index contributed by atoms with van der Waals surface area (Å²) >= 11 is 0. The van der Waals surface area contributed by atoms with Gasteiger partial charge in [-0.05, 0) is 85.5 Å². The van der Waals surface area contributed by atoms with Gasteiger partial charge in [0.05, 0.1) is 21.6 Å². The van der Waals surface area contributed by atoms with E-state index >= 15 is 0 Å². The molecule has 200 valence electrons. The lowest BCUT2D eigenvalue weighted by atomic mass is 9.95. The second-order valence-electron chi connectivity index (χ2n) is 11.2. The number of anilines is 1. The van der Waals surface area contributed by atoms with Crippen LogP contribution < -0.4 is 5.32 Å². The number of rotatable bonds is 7. The van der Waals surface area contributed by atoms with Gasteiger partial charge in [-0.1, -0.05) is 32.0 Å². The molecule has 0 aliphatic heterocycles. The molecule has 0 radical (unpaired) electrons. The van der Waals surface area contributed by atoms with Gasteiger partial charge in [-0.2, -0.15) is 5.26 Å². The first-order valence-electron chi connectivity index (χ1n) is 13.6. The van der Waals surface area contributed by atoms with Gasteiger partial charge in [0.15, 0.2) is 15.5 Å². The Morgan fingerprint density at radius 1 is 0.974 bits per heavy atom. The number of pyridine rings is 2. The van der Waals surface area contributed by atoms with Crippen LogP contribution >= 0.6 is 0 Å². The maximum atomic E-state index is 13.4. The largest absolute Gasteiger partial charge is 0.367 e. The molecule has 2 aliphatic carbocycles. The Hall–Kier alpha value is -3.77. The monoisotopic (exact) mass is 540 g/mol. The quantitative estimate of drug-likeness (QED) is 0.321. The van der Waals surface area contributed by atoms with E-state index in [9.17, 15) is 13.7 Å². The minimum atomic E-state index is -3.42. The summed E-state index contributed by atoms with van der Waals surface area (Å²) < 4.78 is 28.9. The van der Waals surface area contributed by atoms with Crippen molar-refractivity contribution >= 4 is 21.3 Å². The van der Waals surface area contributed by atoms with Crippen molar-refractivity contribution in [3.63, 3.8) is 0 Å². The van der Waals surface area contributed by atoms with Gasteiger partial charge in [0.25, 0.3) is 0 Å². The molecular weight excluding hydrogens is 508 g/mol. The molecule has 2 fully saturated rings. The number of nitrogens with zero attached hydrogens (tertiary/aromatic N) is 5. The summed E-state index contributed by atoms with van der Waals surface area (Å²) in [6.45, 7) is 4.17. The van der Waals surface area contributed by atoms with Gasteiger partial charge in [-0.3, -0.25) is 4.40 Å². The molecule has 2 aliphatic rings. The summed E-state index contributed by atoms with van der Waals surface area (Å²) in [5, 5.41) is 21.0. The minimum Gasteiger partial charge on any atom is -0.367 e. The summed E-state index contributed by atoms with van der Waals surface area (Å²) in [6.07, 6.45) is 8.37. The van der Waals surface area contributed by atoms with Crippen molar-refractivity contribution in [2.45, 2.75) is 79.9 Å². The van der Waals surface area contributed by atoms with E-state index in [0.29, 0.717) is 17.7 Å². The molecule has 0 saturated heterocycles. The lowest BCUT2D eigenvalue weighted by Crippen LogP contribution is -2.33. The van der Waals surface area contributed by atoms with Crippen LogP contribution in [0.1, 0.15) is 69.7 Å². The first kappa shape index (κ1) is 25.5. The number of hydrogen-bond acceptors (Lipinski definition) is 7. The van der Waals surface area contributed by atoms with E-state index in [1.165, 1.54) is 0 Å². The predicted molar refractivity (Wildman–Crippen MR) is 150 cm³/mol. The average molecular weight is 541 g/mol. The summed E-state index contributed by atoms with van der Waals surface area (Å²) in [5.74, 6) is 1.92. The summed E-state index contributed by atoms with van der Waals surface area (Å²) in [7, 11) is -3.42. The fourth-order valence-corrected chi connectivity index (χ4v) is 7.37. The number of fused-ring (bicyclic) bond motifs is 1. The van der Waals surface area contributed by atoms with Gasteiger partial charge in [0, 0.05) is 24.4 Å². The van der Waals surface area contributed by atoms with Gasteiger partial charge in [0.2, 0.25) is 0 Å². The van der Waals surface area contributed by atoms with Crippen molar-refractivity contribution in [2.24, 2.45) is 0 Å². The number of nitriles is 1. The van der Waals surface area contributed by atoms with Crippen LogP contribution in [0.25, 0.3) is 16.8 Å². The highest BCUT2D eigenvalue weighted by Crippen LogP contribution is 2.47. The van der Waals surface area contributed by atoms with Crippen LogP contribution in [-0.4, -0.2) is 39.3 Å². The molecule has 3 heterocycles. The number of benzene rings is 1. The normalized spacial score (nSPS) is 20.6. The van der Waals surface area contributed by atoms with E-state index in [2.05, 4.69) is 40.4 Å². The van der Waals surface area contributed by atoms with Crippen molar-refractivity contribution < 1.29 is 8.42 Å². The Kier molecular flexibility index (Phi) is 6.38. The highest BCUT2D eigenvalue weighted by atomic mass is 32.2. The number of aromatic nitrogens is 4. The van der Waals surface area contributed by atoms with Crippen molar-refractivity contribution in [1.82, 2.24) is 19.6 Å². The summed E-state index contributed by atoms with van der Waals surface area (Å²) in [4.78, 5) is 4.89. The topological polar surface area (TPSA) is 113 Å². The SMILES string of the molecule is CC(C)c1nnc2ccc(-c3ccc(S(=O)(=O)C4CCC(Nc5ccc(C6(C#N)CC6)cn5)CC4)cc3)cn12. The molecule has 6 rings (SSSR count). The second-order valence-corrected chi connectivity index (χ2v) is 13.4. The first-order chi connectivity index (χ1) is 18.8. The summed E-state index contributed by atoms with van der Waals surface area (Å²) in [5.41, 5.74) is 3.38. The van der Waals surface area contributed by atoms with Gasteiger partial charge >= 0.3 is 0 Å². The van der Waals surface area contributed by atoms with E-state index in [1.807, 2.05) is 47.0 Å². The van der Waals surface area contributed by atoms with Crippen LogP contribution in [0.2, 0.25) is 0 Å². The molecule has 4 aromatic rings. The molecule has 2 saturated carbocycles. The predicted octanol–water partition coefficient (Wildman–Crippen LogP) is 5.67. The molecule has 0 amide bonds. The zero-order valence-electron chi connectivity index (χ0n) is 22.2. The molecular formula is C30H32N6O2S. The Labute approximate surface area is 229 Å². The average Bonchev–Trinajstić information content (AvgIpc) is 3.64. The Balaban J connectivity index is 1.10. The van der Waals surface area contributed by atoms with Crippen LogP contribution in [0.5, 0.6) is 0 Å². The molecule has 0 atom stereocenters. The van der Waals surface area contributed by atoms with Gasteiger partial charge in [-0.25, -0.2) is 13.4 Å². The first-order valence-corrected chi connectivity index (χ1v) is 15.2. The van der Waals surface area contributed by atoms with Gasteiger partial charge in [0.1, 0.15) is 11.6 Å².